The lowest BCUT2D eigenvalue weighted by atomic mass is 9.77. The maximum atomic E-state index is 4.51. The van der Waals surface area contributed by atoms with Gasteiger partial charge in [-0.3, -0.25) is 0 Å². The van der Waals surface area contributed by atoms with E-state index in [-0.39, 0.29) is 0 Å². The van der Waals surface area contributed by atoms with Gasteiger partial charge in [0.05, 0.1) is 12.7 Å². The van der Waals surface area contributed by atoms with E-state index in [9.17, 15) is 0 Å². The SMILES string of the molecule is Ic1cn(C(c2ccccc2)(c2ccccc2)c2ccccc2)cn1.Ic1nc[nH]c1I. The fourth-order valence-electron chi connectivity index (χ4n) is 3.73. The van der Waals surface area contributed by atoms with Crippen LogP contribution in [-0.4, -0.2) is 19.5 Å². The second kappa shape index (κ2) is 10.9. The molecule has 2 heterocycles. The van der Waals surface area contributed by atoms with Crippen LogP contribution in [0.4, 0.5) is 0 Å². The lowest BCUT2D eigenvalue weighted by Gasteiger charge is -2.37. The first-order valence-corrected chi connectivity index (χ1v) is 13.1. The summed E-state index contributed by atoms with van der Waals surface area (Å²) in [5.41, 5.74) is 3.17. The number of hydrogen-bond acceptors (Lipinski definition) is 2. The predicted octanol–water partition coefficient (Wildman–Crippen LogP) is 6.95. The number of nitrogens with one attached hydrogen (secondary N) is 1. The lowest BCUT2D eigenvalue weighted by Crippen LogP contribution is -2.36. The fraction of sp³-hybridized carbons (Fsp3) is 0.0400. The monoisotopic (exact) mass is 756 g/mol. The van der Waals surface area contributed by atoms with Crippen LogP contribution in [0.2, 0.25) is 0 Å². The van der Waals surface area contributed by atoms with Crippen LogP contribution in [-0.2, 0) is 5.54 Å². The molecule has 0 bridgehead atoms. The molecular formula is C25H19I3N4. The van der Waals surface area contributed by atoms with E-state index in [2.05, 4.69) is 184 Å². The van der Waals surface area contributed by atoms with Crippen LogP contribution < -0.4 is 0 Å². The molecule has 5 rings (SSSR count). The average molecular weight is 756 g/mol. The quantitative estimate of drug-likeness (QED) is 0.160. The topological polar surface area (TPSA) is 46.5 Å². The minimum absolute atomic E-state index is 0.458. The molecule has 0 radical (unpaired) electrons. The van der Waals surface area contributed by atoms with Crippen molar-refractivity contribution in [2.24, 2.45) is 0 Å². The van der Waals surface area contributed by atoms with E-state index in [0.717, 1.165) is 11.1 Å². The van der Waals surface area contributed by atoms with Gasteiger partial charge in [-0.1, -0.05) is 91.0 Å². The largest absolute Gasteiger partial charge is 0.339 e. The maximum absolute atomic E-state index is 4.51. The van der Waals surface area contributed by atoms with Crippen LogP contribution in [0.1, 0.15) is 16.7 Å². The molecular weight excluding hydrogens is 737 g/mol. The second-order valence-corrected chi connectivity index (χ2v) is 10.1. The van der Waals surface area contributed by atoms with Gasteiger partial charge >= 0.3 is 0 Å². The van der Waals surface area contributed by atoms with Crippen molar-refractivity contribution < 1.29 is 0 Å². The van der Waals surface area contributed by atoms with Gasteiger partial charge in [0.25, 0.3) is 0 Å². The van der Waals surface area contributed by atoms with E-state index in [1.165, 1.54) is 16.7 Å². The Balaban J connectivity index is 0.000000300. The summed E-state index contributed by atoms with van der Waals surface area (Å²) in [6.07, 6.45) is 5.71. The highest BCUT2D eigenvalue weighted by Gasteiger charge is 2.38. The van der Waals surface area contributed by atoms with Crippen LogP contribution in [0.25, 0.3) is 0 Å². The molecule has 2 aromatic heterocycles. The minimum atomic E-state index is -0.458. The highest BCUT2D eigenvalue weighted by molar-refractivity contribution is 14.1. The van der Waals surface area contributed by atoms with Gasteiger partial charge < -0.3 is 9.55 Å². The summed E-state index contributed by atoms with van der Waals surface area (Å²) in [6, 6.07) is 31.9. The summed E-state index contributed by atoms with van der Waals surface area (Å²) in [4.78, 5) is 11.4. The van der Waals surface area contributed by atoms with E-state index in [4.69, 9.17) is 0 Å². The third kappa shape index (κ3) is 4.93. The van der Waals surface area contributed by atoms with Crippen LogP contribution in [0, 0.1) is 11.1 Å². The molecule has 0 aliphatic heterocycles. The van der Waals surface area contributed by atoms with Crippen LogP contribution >= 0.6 is 67.8 Å². The maximum Gasteiger partial charge on any atom is 0.132 e. The number of hydrogen-bond donors (Lipinski definition) is 1. The molecule has 5 aromatic rings. The summed E-state index contributed by atoms with van der Waals surface area (Å²) < 4.78 is 5.34. The first kappa shape index (κ1) is 23.4. The van der Waals surface area contributed by atoms with Crippen molar-refractivity contribution >= 4 is 67.8 Å². The van der Waals surface area contributed by atoms with Crippen molar-refractivity contribution in [2.75, 3.05) is 0 Å². The van der Waals surface area contributed by atoms with Crippen molar-refractivity contribution in [3.05, 3.63) is 138 Å². The predicted molar refractivity (Wildman–Crippen MR) is 154 cm³/mol. The molecule has 0 aliphatic rings. The van der Waals surface area contributed by atoms with Gasteiger partial charge in [-0.05, 0) is 84.5 Å². The Labute approximate surface area is 228 Å². The van der Waals surface area contributed by atoms with Gasteiger partial charge in [0.1, 0.15) is 16.6 Å². The number of halogens is 3. The minimum Gasteiger partial charge on any atom is -0.339 e. The van der Waals surface area contributed by atoms with E-state index in [1.807, 2.05) is 6.33 Å². The Hall–Kier alpha value is -1.73. The number of aromatic nitrogens is 4. The van der Waals surface area contributed by atoms with Crippen molar-refractivity contribution in [3.63, 3.8) is 0 Å². The number of nitrogens with zero attached hydrogens (tertiary/aromatic N) is 3. The molecule has 0 saturated carbocycles. The first-order valence-electron chi connectivity index (χ1n) is 9.83. The zero-order chi connectivity index (χ0) is 22.4. The third-order valence-electron chi connectivity index (χ3n) is 5.06. The van der Waals surface area contributed by atoms with Gasteiger partial charge in [-0.25, -0.2) is 9.97 Å². The van der Waals surface area contributed by atoms with Crippen molar-refractivity contribution in [3.8, 4) is 0 Å². The smallest absolute Gasteiger partial charge is 0.132 e. The summed E-state index contributed by atoms with van der Waals surface area (Å²) in [5, 5.41) is 0. The highest BCUT2D eigenvalue weighted by Crippen LogP contribution is 2.40. The summed E-state index contributed by atoms with van der Waals surface area (Å²) >= 11 is 6.63. The summed E-state index contributed by atoms with van der Waals surface area (Å²) in [5.74, 6) is 0. The molecule has 0 unspecified atom stereocenters. The van der Waals surface area contributed by atoms with Crippen LogP contribution in [0.15, 0.2) is 110 Å². The number of rotatable bonds is 4. The van der Waals surface area contributed by atoms with E-state index >= 15 is 0 Å². The van der Waals surface area contributed by atoms with Gasteiger partial charge in [0, 0.05) is 6.20 Å². The fourth-order valence-corrected chi connectivity index (χ4v) is 4.73. The molecule has 0 fully saturated rings. The van der Waals surface area contributed by atoms with Gasteiger partial charge in [0.15, 0.2) is 0 Å². The molecule has 0 spiro atoms. The number of imidazole rings is 2. The molecule has 0 aliphatic carbocycles. The van der Waals surface area contributed by atoms with E-state index < -0.39 is 5.54 Å². The van der Waals surface area contributed by atoms with Crippen molar-refractivity contribution in [2.45, 2.75) is 5.54 Å². The zero-order valence-corrected chi connectivity index (χ0v) is 23.3. The second-order valence-electron chi connectivity index (χ2n) is 6.92. The van der Waals surface area contributed by atoms with Gasteiger partial charge in [-0.2, -0.15) is 0 Å². The molecule has 0 amide bonds. The third-order valence-corrected chi connectivity index (χ3v) is 8.29. The molecule has 32 heavy (non-hydrogen) atoms. The van der Waals surface area contributed by atoms with E-state index in [0.29, 0.717) is 0 Å². The van der Waals surface area contributed by atoms with Gasteiger partial charge in [-0.15, -0.1) is 0 Å². The Kier molecular flexibility index (Phi) is 8.00. The molecule has 7 heteroatoms. The van der Waals surface area contributed by atoms with Crippen LogP contribution in [0.3, 0.4) is 0 Å². The normalized spacial score (nSPS) is 11.0. The molecule has 1 N–H and O–H groups in total. The molecule has 4 nitrogen and oxygen atoms in total. The standard InChI is InChI=1S/C22H17IN2.C3H2I2N2/c23-21-16-25(17-24-21)22(18-10-4-1-5-11-18,19-12-6-2-7-13-19)20-14-8-3-9-15-20;4-2-3(5)7-1-6-2/h1-17H;1H,(H,6,7). The Morgan fingerprint density at radius 3 is 1.41 bits per heavy atom. The molecule has 0 atom stereocenters. The summed E-state index contributed by atoms with van der Waals surface area (Å²) in [6.45, 7) is 0. The highest BCUT2D eigenvalue weighted by atomic mass is 127. The Morgan fingerprint density at radius 1 is 0.656 bits per heavy atom. The van der Waals surface area contributed by atoms with Crippen molar-refractivity contribution in [1.82, 2.24) is 19.5 Å². The average Bonchev–Trinajstić information content (AvgIpc) is 3.44. The Morgan fingerprint density at radius 2 is 1.12 bits per heavy atom. The van der Waals surface area contributed by atoms with Gasteiger partial charge in [0.2, 0.25) is 0 Å². The lowest BCUT2D eigenvalue weighted by molar-refractivity contribution is 0.514. The summed E-state index contributed by atoms with van der Waals surface area (Å²) in [7, 11) is 0. The molecule has 160 valence electrons. The number of H-pyrrole nitrogens is 1. The first-order chi connectivity index (χ1) is 15.6. The van der Waals surface area contributed by atoms with E-state index in [1.54, 1.807) is 6.33 Å². The number of benzene rings is 3. The molecule has 0 saturated heterocycles. The zero-order valence-electron chi connectivity index (χ0n) is 16.9. The van der Waals surface area contributed by atoms with Crippen LogP contribution in [0.5, 0.6) is 0 Å². The van der Waals surface area contributed by atoms with Crippen molar-refractivity contribution in [1.29, 1.82) is 0 Å². The number of aromatic amines is 1. The molecule has 3 aromatic carbocycles. The Bertz CT molecular complexity index is 1140.